The molecule has 2 heterocycles. The maximum absolute atomic E-state index is 11.9. The number of fused-ring (bicyclic) bond motifs is 1. The molecule has 22 heavy (non-hydrogen) atoms. The Labute approximate surface area is 132 Å². The summed E-state index contributed by atoms with van der Waals surface area (Å²) in [5.41, 5.74) is 2.64. The molecule has 0 saturated heterocycles. The van der Waals surface area contributed by atoms with Crippen molar-refractivity contribution in [1.29, 1.82) is 0 Å². The molecule has 2 aromatic heterocycles. The van der Waals surface area contributed by atoms with Crippen molar-refractivity contribution in [3.8, 4) is 11.3 Å². The number of pyridine rings is 1. The molecule has 0 atom stereocenters. The number of benzene rings is 1. The molecule has 0 amide bonds. The van der Waals surface area contributed by atoms with Gasteiger partial charge in [-0.25, -0.2) is 9.50 Å². The van der Waals surface area contributed by atoms with Gasteiger partial charge in [-0.2, -0.15) is 5.10 Å². The summed E-state index contributed by atoms with van der Waals surface area (Å²) >= 11 is 6.07. The smallest absolute Gasteiger partial charge is 0.159 e. The molecule has 0 aliphatic heterocycles. The maximum atomic E-state index is 11.9. The van der Waals surface area contributed by atoms with Crippen LogP contribution in [0, 0.1) is 5.92 Å². The van der Waals surface area contributed by atoms with Crippen LogP contribution >= 0.6 is 11.6 Å². The molecule has 1 aromatic carbocycles. The molecule has 4 rings (SSSR count). The molecular formula is C17H14ClN3O. The molecule has 0 unspecified atom stereocenters. The van der Waals surface area contributed by atoms with E-state index in [4.69, 9.17) is 11.6 Å². The zero-order chi connectivity index (χ0) is 15.1. The normalized spacial score (nSPS) is 14.4. The highest BCUT2D eigenvalue weighted by atomic mass is 35.5. The number of ketones is 1. The number of rotatable bonds is 4. The molecule has 1 fully saturated rings. The Kier molecular flexibility index (Phi) is 3.19. The highest BCUT2D eigenvalue weighted by molar-refractivity contribution is 6.30. The minimum atomic E-state index is 0.235. The molecule has 3 aromatic rings. The zero-order valence-electron chi connectivity index (χ0n) is 11.9. The number of carbonyl (C=O) groups excluding carboxylic acids is 1. The van der Waals surface area contributed by atoms with E-state index in [1.54, 1.807) is 4.52 Å². The van der Waals surface area contributed by atoms with Gasteiger partial charge in [-0.15, -0.1) is 0 Å². The Morgan fingerprint density at radius 3 is 2.82 bits per heavy atom. The average molecular weight is 312 g/mol. The summed E-state index contributed by atoms with van der Waals surface area (Å²) < 4.78 is 1.78. The topological polar surface area (TPSA) is 47.3 Å². The van der Waals surface area contributed by atoms with Crippen molar-refractivity contribution < 1.29 is 4.79 Å². The largest absolute Gasteiger partial charge is 0.299 e. The molecule has 1 saturated carbocycles. The van der Waals surface area contributed by atoms with Gasteiger partial charge in [0.1, 0.15) is 5.78 Å². The number of hydrogen-bond donors (Lipinski definition) is 0. The summed E-state index contributed by atoms with van der Waals surface area (Å²) in [4.78, 5) is 16.4. The molecule has 1 aliphatic carbocycles. The highest BCUT2D eigenvalue weighted by Crippen LogP contribution is 2.30. The van der Waals surface area contributed by atoms with Crippen LogP contribution < -0.4 is 0 Å². The van der Waals surface area contributed by atoms with Gasteiger partial charge in [-0.3, -0.25) is 4.79 Å². The first-order chi connectivity index (χ1) is 10.7. The second-order valence-corrected chi connectivity index (χ2v) is 6.07. The van der Waals surface area contributed by atoms with E-state index in [1.165, 1.54) is 0 Å². The van der Waals surface area contributed by atoms with Crippen LogP contribution in [0.25, 0.3) is 16.9 Å². The van der Waals surface area contributed by atoms with Gasteiger partial charge in [0.2, 0.25) is 0 Å². The summed E-state index contributed by atoms with van der Waals surface area (Å²) in [6, 6.07) is 13.4. The van der Waals surface area contributed by atoms with Crippen molar-refractivity contribution in [1.82, 2.24) is 14.6 Å². The lowest BCUT2D eigenvalue weighted by Gasteiger charge is -2.04. The lowest BCUT2D eigenvalue weighted by Crippen LogP contribution is -2.06. The molecule has 110 valence electrons. The van der Waals surface area contributed by atoms with Gasteiger partial charge in [0, 0.05) is 16.5 Å². The molecule has 0 spiro atoms. The summed E-state index contributed by atoms with van der Waals surface area (Å²) in [7, 11) is 0. The average Bonchev–Trinajstić information content (AvgIpc) is 3.27. The minimum Gasteiger partial charge on any atom is -0.299 e. The molecule has 5 heteroatoms. The van der Waals surface area contributed by atoms with Crippen LogP contribution in [0.4, 0.5) is 0 Å². The fourth-order valence-corrected chi connectivity index (χ4v) is 2.79. The van der Waals surface area contributed by atoms with Crippen LogP contribution in [0.5, 0.6) is 0 Å². The molecular weight excluding hydrogens is 298 g/mol. The second-order valence-electron chi connectivity index (χ2n) is 5.64. The molecule has 1 aliphatic rings. The van der Waals surface area contributed by atoms with Crippen LogP contribution in [-0.4, -0.2) is 20.4 Å². The summed E-state index contributed by atoms with van der Waals surface area (Å²) in [6.07, 6.45) is 2.35. The fourth-order valence-electron chi connectivity index (χ4n) is 2.60. The van der Waals surface area contributed by atoms with Gasteiger partial charge < -0.3 is 0 Å². The van der Waals surface area contributed by atoms with Gasteiger partial charge in [-0.1, -0.05) is 29.8 Å². The van der Waals surface area contributed by atoms with Crippen molar-refractivity contribution in [2.24, 2.45) is 5.92 Å². The van der Waals surface area contributed by atoms with Crippen molar-refractivity contribution in [3.63, 3.8) is 0 Å². The molecule has 0 N–H and O–H groups in total. The Morgan fingerprint density at radius 2 is 2.05 bits per heavy atom. The van der Waals surface area contributed by atoms with E-state index in [-0.39, 0.29) is 11.7 Å². The van der Waals surface area contributed by atoms with E-state index >= 15 is 0 Å². The Hall–Kier alpha value is -2.20. The number of hydrogen-bond acceptors (Lipinski definition) is 3. The van der Waals surface area contributed by atoms with Crippen molar-refractivity contribution >= 4 is 23.0 Å². The van der Waals surface area contributed by atoms with Gasteiger partial charge in [0.25, 0.3) is 0 Å². The SMILES string of the molecule is O=C(Cc1nc2cccc(-c3cccc(Cl)c3)n2n1)C1CC1. The second kappa shape index (κ2) is 5.21. The first-order valence-corrected chi connectivity index (χ1v) is 7.72. The lowest BCUT2D eigenvalue weighted by molar-refractivity contribution is -0.119. The van der Waals surface area contributed by atoms with Crippen LogP contribution in [0.15, 0.2) is 42.5 Å². The quantitative estimate of drug-likeness (QED) is 0.740. The van der Waals surface area contributed by atoms with E-state index in [0.29, 0.717) is 17.3 Å². The summed E-state index contributed by atoms with van der Waals surface area (Å²) in [5, 5.41) is 5.19. The van der Waals surface area contributed by atoms with E-state index in [1.807, 2.05) is 42.5 Å². The number of nitrogens with zero attached hydrogens (tertiary/aromatic N) is 3. The van der Waals surface area contributed by atoms with E-state index < -0.39 is 0 Å². The standard InChI is InChI=1S/C17H14ClN3O/c18-13-4-1-3-12(9-13)14-5-2-6-17-19-16(20-21(14)17)10-15(22)11-7-8-11/h1-6,9,11H,7-8,10H2. The zero-order valence-corrected chi connectivity index (χ0v) is 12.6. The Morgan fingerprint density at radius 1 is 1.23 bits per heavy atom. The van der Waals surface area contributed by atoms with E-state index in [9.17, 15) is 4.79 Å². The number of Topliss-reactive ketones (excluding diaryl/α,β-unsaturated/α-hetero) is 1. The van der Waals surface area contributed by atoms with Crippen molar-refractivity contribution in [2.45, 2.75) is 19.3 Å². The van der Waals surface area contributed by atoms with Crippen molar-refractivity contribution in [3.05, 3.63) is 53.3 Å². The number of halogens is 1. The monoisotopic (exact) mass is 311 g/mol. The summed E-state index contributed by atoms with van der Waals surface area (Å²) in [5.74, 6) is 1.07. The number of carbonyl (C=O) groups is 1. The highest BCUT2D eigenvalue weighted by Gasteiger charge is 2.30. The maximum Gasteiger partial charge on any atom is 0.159 e. The van der Waals surface area contributed by atoms with Gasteiger partial charge in [0.05, 0.1) is 12.1 Å². The van der Waals surface area contributed by atoms with Gasteiger partial charge >= 0.3 is 0 Å². The Bertz CT molecular complexity index is 867. The predicted octanol–water partition coefficient (Wildman–Crippen LogP) is 3.57. The van der Waals surface area contributed by atoms with Crippen LogP contribution in [-0.2, 0) is 11.2 Å². The Balaban J connectivity index is 1.76. The number of aromatic nitrogens is 3. The fraction of sp³-hybridized carbons (Fsp3) is 0.235. The first kappa shape index (κ1) is 13.5. The van der Waals surface area contributed by atoms with Crippen molar-refractivity contribution in [2.75, 3.05) is 0 Å². The van der Waals surface area contributed by atoms with Crippen LogP contribution in [0.3, 0.4) is 0 Å². The molecule has 0 bridgehead atoms. The minimum absolute atomic E-state index is 0.235. The third-order valence-electron chi connectivity index (χ3n) is 3.89. The van der Waals surface area contributed by atoms with Gasteiger partial charge in [-0.05, 0) is 37.1 Å². The van der Waals surface area contributed by atoms with E-state index in [0.717, 1.165) is 29.7 Å². The lowest BCUT2D eigenvalue weighted by atomic mass is 10.1. The molecule has 0 radical (unpaired) electrons. The molecule has 4 nitrogen and oxygen atoms in total. The third kappa shape index (κ3) is 2.50. The van der Waals surface area contributed by atoms with Crippen LogP contribution in [0.1, 0.15) is 18.7 Å². The van der Waals surface area contributed by atoms with Gasteiger partial charge in [0.15, 0.2) is 11.5 Å². The predicted molar refractivity (Wildman–Crippen MR) is 84.9 cm³/mol. The van der Waals surface area contributed by atoms with Crippen LogP contribution in [0.2, 0.25) is 5.02 Å². The summed E-state index contributed by atoms with van der Waals surface area (Å²) in [6.45, 7) is 0. The van der Waals surface area contributed by atoms with E-state index in [2.05, 4.69) is 10.1 Å². The first-order valence-electron chi connectivity index (χ1n) is 7.34. The third-order valence-corrected chi connectivity index (χ3v) is 4.12.